The number of nitrogens with one attached hydrogen (secondary N) is 1. The second-order valence-electron chi connectivity index (χ2n) is 8.69. The molecule has 0 aromatic heterocycles. The number of rotatable bonds is 10. The van der Waals surface area contributed by atoms with Crippen LogP contribution in [0.3, 0.4) is 0 Å². The molecule has 0 saturated carbocycles. The number of carboxylic acids is 1. The molecule has 3 aromatic rings. The first-order valence-corrected chi connectivity index (χ1v) is 11.7. The van der Waals surface area contributed by atoms with Crippen molar-refractivity contribution in [2.45, 2.75) is 44.8 Å². The summed E-state index contributed by atoms with van der Waals surface area (Å²) in [5.41, 5.74) is 9.20. The van der Waals surface area contributed by atoms with Crippen molar-refractivity contribution in [2.24, 2.45) is 0 Å². The number of hydroxylamine groups is 1. The zero-order valence-electron chi connectivity index (χ0n) is 19.4. The lowest BCUT2D eigenvalue weighted by Crippen LogP contribution is -2.28. The quantitative estimate of drug-likeness (QED) is 0.304. The van der Waals surface area contributed by atoms with E-state index in [9.17, 15) is 4.79 Å². The predicted octanol–water partition coefficient (Wildman–Crippen LogP) is 5.65. The Balaban J connectivity index is 1.35. The van der Waals surface area contributed by atoms with Gasteiger partial charge in [-0.3, -0.25) is 4.84 Å². The predicted molar refractivity (Wildman–Crippen MR) is 133 cm³/mol. The van der Waals surface area contributed by atoms with E-state index in [0.717, 1.165) is 42.4 Å². The summed E-state index contributed by atoms with van der Waals surface area (Å²) in [5.74, 6) is -0.269. The minimum atomic E-state index is -0.959. The molecule has 2 N–H and O–H groups in total. The topological polar surface area (TPSA) is 67.8 Å². The molecule has 5 heteroatoms. The second kappa shape index (κ2) is 11.6. The standard InChI is InChI=1S/C29H31NO4/c1-21(30-34-29(23-9-4-2-5-10-23)24-11-6-3-7-12-24)15-16-22-17-18-26-25(19-22)13-8-14-27(26)33-20-28(31)32/h2-14,16,21,29-30H,15,17-20H2,1H3,(H,31,32). The lowest BCUT2D eigenvalue weighted by molar-refractivity contribution is -0.139. The molecule has 0 radical (unpaired) electrons. The van der Waals surface area contributed by atoms with Crippen molar-refractivity contribution in [3.8, 4) is 5.75 Å². The van der Waals surface area contributed by atoms with Gasteiger partial charge < -0.3 is 9.84 Å². The summed E-state index contributed by atoms with van der Waals surface area (Å²) >= 11 is 0. The Bertz CT molecular complexity index is 1070. The molecule has 0 spiro atoms. The van der Waals surface area contributed by atoms with Crippen molar-refractivity contribution < 1.29 is 19.5 Å². The molecule has 0 heterocycles. The van der Waals surface area contributed by atoms with Crippen molar-refractivity contribution in [3.05, 3.63) is 113 Å². The number of hydrogen-bond acceptors (Lipinski definition) is 4. The Labute approximate surface area is 201 Å². The van der Waals surface area contributed by atoms with Crippen LogP contribution in [0.1, 0.15) is 48.1 Å². The summed E-state index contributed by atoms with van der Waals surface area (Å²) in [5, 5.41) is 8.90. The number of fused-ring (bicyclic) bond motifs is 1. The summed E-state index contributed by atoms with van der Waals surface area (Å²) in [6.45, 7) is 1.81. The number of benzene rings is 3. The third-order valence-corrected chi connectivity index (χ3v) is 6.05. The van der Waals surface area contributed by atoms with E-state index in [4.69, 9.17) is 14.7 Å². The van der Waals surface area contributed by atoms with E-state index in [0.29, 0.717) is 5.75 Å². The van der Waals surface area contributed by atoms with Gasteiger partial charge in [-0.2, -0.15) is 5.48 Å². The SMILES string of the molecule is CC(CC=C1CCc2c(cccc2OCC(=O)O)C1)NOC(c1ccccc1)c1ccccc1. The highest BCUT2D eigenvalue weighted by Gasteiger charge is 2.19. The Kier molecular flexibility index (Phi) is 8.12. The minimum Gasteiger partial charge on any atom is -0.482 e. The van der Waals surface area contributed by atoms with Gasteiger partial charge in [-0.25, -0.2) is 4.79 Å². The Morgan fingerprint density at radius 3 is 2.29 bits per heavy atom. The molecule has 1 atom stereocenters. The van der Waals surface area contributed by atoms with Gasteiger partial charge in [-0.1, -0.05) is 84.4 Å². The summed E-state index contributed by atoms with van der Waals surface area (Å²) < 4.78 is 5.48. The van der Waals surface area contributed by atoms with Gasteiger partial charge in [0, 0.05) is 6.04 Å². The molecule has 1 aliphatic rings. The number of carboxylic acid groups (broad SMARTS) is 1. The fourth-order valence-electron chi connectivity index (χ4n) is 4.29. The maximum atomic E-state index is 10.8. The molecule has 176 valence electrons. The number of ether oxygens (including phenoxy) is 1. The first-order chi connectivity index (χ1) is 16.6. The monoisotopic (exact) mass is 457 g/mol. The normalized spacial score (nSPS) is 15.2. The largest absolute Gasteiger partial charge is 0.482 e. The highest BCUT2D eigenvalue weighted by Crippen LogP contribution is 2.32. The van der Waals surface area contributed by atoms with Crippen LogP contribution in [0.5, 0.6) is 5.75 Å². The van der Waals surface area contributed by atoms with Crippen LogP contribution in [0.2, 0.25) is 0 Å². The van der Waals surface area contributed by atoms with E-state index in [-0.39, 0.29) is 18.8 Å². The van der Waals surface area contributed by atoms with Crippen LogP contribution in [-0.2, 0) is 22.5 Å². The van der Waals surface area contributed by atoms with Gasteiger partial charge >= 0.3 is 5.97 Å². The van der Waals surface area contributed by atoms with E-state index in [1.165, 1.54) is 11.1 Å². The van der Waals surface area contributed by atoms with Gasteiger partial charge in [-0.05, 0) is 60.9 Å². The van der Waals surface area contributed by atoms with Crippen LogP contribution in [0.4, 0.5) is 0 Å². The van der Waals surface area contributed by atoms with Crippen LogP contribution in [0.25, 0.3) is 0 Å². The first kappa shape index (κ1) is 23.7. The number of carbonyl (C=O) groups is 1. The third-order valence-electron chi connectivity index (χ3n) is 6.05. The van der Waals surface area contributed by atoms with Crippen LogP contribution in [0, 0.1) is 0 Å². The average Bonchev–Trinajstić information content (AvgIpc) is 2.87. The van der Waals surface area contributed by atoms with Gasteiger partial charge in [0.2, 0.25) is 0 Å². The molecule has 5 nitrogen and oxygen atoms in total. The van der Waals surface area contributed by atoms with Gasteiger partial charge in [0.25, 0.3) is 0 Å². The van der Waals surface area contributed by atoms with E-state index in [1.54, 1.807) is 0 Å². The van der Waals surface area contributed by atoms with E-state index >= 15 is 0 Å². The molecule has 0 aliphatic heterocycles. The molecular formula is C29H31NO4. The lowest BCUT2D eigenvalue weighted by atomic mass is 9.87. The maximum absolute atomic E-state index is 10.8. The summed E-state index contributed by atoms with van der Waals surface area (Å²) in [6.07, 6.45) is 5.65. The highest BCUT2D eigenvalue weighted by molar-refractivity contribution is 5.68. The molecule has 0 saturated heterocycles. The van der Waals surface area contributed by atoms with Crippen LogP contribution in [-0.4, -0.2) is 23.7 Å². The van der Waals surface area contributed by atoms with Crippen molar-refractivity contribution in [3.63, 3.8) is 0 Å². The van der Waals surface area contributed by atoms with Gasteiger partial charge in [0.05, 0.1) is 0 Å². The number of allylic oxidation sites excluding steroid dienone is 1. The zero-order chi connectivity index (χ0) is 23.8. The van der Waals surface area contributed by atoms with E-state index < -0.39 is 5.97 Å². The molecular weight excluding hydrogens is 426 g/mol. The molecule has 0 fully saturated rings. The van der Waals surface area contributed by atoms with Crippen molar-refractivity contribution in [1.82, 2.24) is 5.48 Å². The van der Waals surface area contributed by atoms with Crippen LogP contribution in [0.15, 0.2) is 90.5 Å². The molecule has 34 heavy (non-hydrogen) atoms. The summed E-state index contributed by atoms with van der Waals surface area (Å²) in [7, 11) is 0. The van der Waals surface area contributed by atoms with Crippen molar-refractivity contribution >= 4 is 5.97 Å². The summed E-state index contributed by atoms with van der Waals surface area (Å²) in [6, 6.07) is 26.5. The zero-order valence-corrected chi connectivity index (χ0v) is 19.4. The number of hydrogen-bond donors (Lipinski definition) is 2. The highest BCUT2D eigenvalue weighted by atomic mass is 16.7. The van der Waals surface area contributed by atoms with Gasteiger partial charge in [0.1, 0.15) is 11.9 Å². The van der Waals surface area contributed by atoms with Gasteiger partial charge in [-0.15, -0.1) is 0 Å². The number of aliphatic carboxylic acids is 1. The van der Waals surface area contributed by atoms with Crippen LogP contribution < -0.4 is 10.2 Å². The Morgan fingerprint density at radius 2 is 1.65 bits per heavy atom. The van der Waals surface area contributed by atoms with Crippen molar-refractivity contribution in [2.75, 3.05) is 6.61 Å². The minimum absolute atomic E-state index is 0.147. The Morgan fingerprint density at radius 1 is 0.971 bits per heavy atom. The van der Waals surface area contributed by atoms with E-state index in [2.05, 4.69) is 48.8 Å². The van der Waals surface area contributed by atoms with Crippen LogP contribution >= 0.6 is 0 Å². The van der Waals surface area contributed by atoms with Crippen molar-refractivity contribution in [1.29, 1.82) is 0 Å². The molecule has 3 aromatic carbocycles. The smallest absolute Gasteiger partial charge is 0.341 e. The van der Waals surface area contributed by atoms with Gasteiger partial charge in [0.15, 0.2) is 6.61 Å². The maximum Gasteiger partial charge on any atom is 0.341 e. The molecule has 4 rings (SSSR count). The summed E-state index contributed by atoms with van der Waals surface area (Å²) in [4.78, 5) is 17.0. The Hall–Kier alpha value is -3.41. The fraction of sp³-hybridized carbons (Fsp3) is 0.276. The molecule has 0 amide bonds. The first-order valence-electron chi connectivity index (χ1n) is 11.7. The molecule has 0 bridgehead atoms. The second-order valence-corrected chi connectivity index (χ2v) is 8.69. The molecule has 1 aliphatic carbocycles. The third kappa shape index (κ3) is 6.34. The lowest BCUT2D eigenvalue weighted by Gasteiger charge is -2.23. The van der Waals surface area contributed by atoms with E-state index in [1.807, 2.05) is 48.5 Å². The fourth-order valence-corrected chi connectivity index (χ4v) is 4.29. The molecule has 1 unspecified atom stereocenters. The average molecular weight is 458 g/mol.